The lowest BCUT2D eigenvalue weighted by Crippen LogP contribution is -2.50. The summed E-state index contributed by atoms with van der Waals surface area (Å²) in [7, 11) is 2.20. The van der Waals surface area contributed by atoms with Gasteiger partial charge >= 0.3 is 0 Å². The smallest absolute Gasteiger partial charge is 0.00342 e. The Hall–Kier alpha value is -0.0800. The van der Waals surface area contributed by atoms with Gasteiger partial charge in [0.25, 0.3) is 0 Å². The zero-order valence-corrected chi connectivity index (χ0v) is 8.01. The maximum atomic E-state index is 2.49. The third kappa shape index (κ3) is 2.46. The third-order valence-corrected chi connectivity index (χ3v) is 2.59. The molecule has 0 saturated carbocycles. The van der Waals surface area contributed by atoms with E-state index in [1.165, 1.54) is 32.7 Å². The largest absolute Gasteiger partial charge is 0.306 e. The van der Waals surface area contributed by atoms with Crippen molar-refractivity contribution in [1.82, 2.24) is 9.80 Å². The Morgan fingerprint density at radius 1 is 1.36 bits per heavy atom. The highest BCUT2D eigenvalue weighted by molar-refractivity contribution is 4.80. The van der Waals surface area contributed by atoms with Crippen LogP contribution in [0.3, 0.4) is 0 Å². The average molecular weight is 156 g/mol. The zero-order valence-electron chi connectivity index (χ0n) is 8.01. The Balaban J connectivity index is 2.04. The van der Waals surface area contributed by atoms with Gasteiger partial charge in [0.2, 0.25) is 0 Å². The Kier molecular flexibility index (Phi) is 3.34. The fraction of sp³-hybridized carbons (Fsp3) is 1.00. The zero-order chi connectivity index (χ0) is 8.27. The van der Waals surface area contributed by atoms with Gasteiger partial charge < -0.3 is 9.80 Å². The maximum Gasteiger partial charge on any atom is 0.00342 e. The lowest BCUT2D eigenvalue weighted by molar-refractivity contribution is 0.0812. The van der Waals surface area contributed by atoms with Gasteiger partial charge in [-0.05, 0) is 26.1 Å². The van der Waals surface area contributed by atoms with Crippen LogP contribution in [0.4, 0.5) is 0 Å². The lowest BCUT2D eigenvalue weighted by atomic mass is 10.00. The van der Waals surface area contributed by atoms with Gasteiger partial charge in [-0.25, -0.2) is 0 Å². The van der Waals surface area contributed by atoms with E-state index in [4.69, 9.17) is 0 Å². The molecule has 66 valence electrons. The summed E-state index contributed by atoms with van der Waals surface area (Å²) in [6.07, 6.45) is 0. The first kappa shape index (κ1) is 9.01. The second kappa shape index (κ2) is 4.07. The van der Waals surface area contributed by atoms with Crippen molar-refractivity contribution in [3.8, 4) is 0 Å². The fourth-order valence-electron chi connectivity index (χ4n) is 1.62. The summed E-state index contributed by atoms with van der Waals surface area (Å²) < 4.78 is 0. The third-order valence-electron chi connectivity index (χ3n) is 2.59. The summed E-state index contributed by atoms with van der Waals surface area (Å²) in [4.78, 5) is 4.89. The number of likely N-dealkylation sites (tertiary alicyclic amines) is 1. The molecule has 1 fully saturated rings. The molecule has 0 bridgehead atoms. The van der Waals surface area contributed by atoms with E-state index in [-0.39, 0.29) is 0 Å². The van der Waals surface area contributed by atoms with Crippen molar-refractivity contribution in [3.63, 3.8) is 0 Å². The van der Waals surface area contributed by atoms with E-state index in [2.05, 4.69) is 30.7 Å². The topological polar surface area (TPSA) is 6.48 Å². The highest BCUT2D eigenvalue weighted by Gasteiger charge is 2.25. The summed E-state index contributed by atoms with van der Waals surface area (Å²) in [5.41, 5.74) is 0. The van der Waals surface area contributed by atoms with Crippen LogP contribution in [0.2, 0.25) is 0 Å². The van der Waals surface area contributed by atoms with Crippen molar-refractivity contribution < 1.29 is 0 Å². The van der Waals surface area contributed by atoms with E-state index in [1.807, 2.05) is 0 Å². The van der Waals surface area contributed by atoms with E-state index < -0.39 is 0 Å². The summed E-state index contributed by atoms with van der Waals surface area (Å²) in [5, 5.41) is 0. The molecule has 0 aromatic rings. The summed E-state index contributed by atoms with van der Waals surface area (Å²) >= 11 is 0. The molecule has 0 N–H and O–H groups in total. The lowest BCUT2D eigenvalue weighted by Gasteiger charge is -2.40. The molecule has 2 nitrogen and oxygen atoms in total. The molecule has 1 heterocycles. The number of nitrogens with zero attached hydrogens (tertiary/aromatic N) is 2. The monoisotopic (exact) mass is 156 g/mol. The van der Waals surface area contributed by atoms with Crippen molar-refractivity contribution in [2.45, 2.75) is 13.8 Å². The molecule has 0 aromatic carbocycles. The summed E-state index contributed by atoms with van der Waals surface area (Å²) in [6, 6.07) is 0. The molecule has 0 amide bonds. The van der Waals surface area contributed by atoms with Crippen molar-refractivity contribution in [1.29, 1.82) is 0 Å². The van der Waals surface area contributed by atoms with Crippen LogP contribution in [0.5, 0.6) is 0 Å². The molecule has 0 aliphatic carbocycles. The van der Waals surface area contributed by atoms with Gasteiger partial charge in [0.1, 0.15) is 0 Å². The maximum absolute atomic E-state index is 2.49. The Labute approximate surface area is 70.2 Å². The van der Waals surface area contributed by atoms with Gasteiger partial charge in [0.05, 0.1) is 0 Å². The molecule has 0 atom stereocenters. The van der Waals surface area contributed by atoms with Crippen LogP contribution in [-0.2, 0) is 0 Å². The molecule has 1 aliphatic rings. The molecule has 0 aromatic heterocycles. The predicted molar refractivity (Wildman–Crippen MR) is 48.8 cm³/mol. The molecule has 11 heavy (non-hydrogen) atoms. The van der Waals surface area contributed by atoms with Crippen LogP contribution >= 0.6 is 0 Å². The van der Waals surface area contributed by atoms with Crippen LogP contribution in [-0.4, -0.2) is 49.6 Å². The van der Waals surface area contributed by atoms with E-state index in [0.717, 1.165) is 5.92 Å². The molecular formula is C9H20N2. The highest BCUT2D eigenvalue weighted by atomic mass is 15.2. The van der Waals surface area contributed by atoms with Crippen LogP contribution < -0.4 is 0 Å². The van der Waals surface area contributed by atoms with Crippen molar-refractivity contribution in [3.05, 3.63) is 0 Å². The first-order valence-corrected chi connectivity index (χ1v) is 4.67. The van der Waals surface area contributed by atoms with Crippen LogP contribution in [0.15, 0.2) is 0 Å². The van der Waals surface area contributed by atoms with Gasteiger partial charge in [-0.1, -0.05) is 13.8 Å². The van der Waals surface area contributed by atoms with E-state index in [1.54, 1.807) is 0 Å². The van der Waals surface area contributed by atoms with Crippen molar-refractivity contribution >= 4 is 0 Å². The molecule has 0 unspecified atom stereocenters. The molecule has 2 heteroatoms. The first-order valence-electron chi connectivity index (χ1n) is 4.67. The van der Waals surface area contributed by atoms with Gasteiger partial charge in [-0.2, -0.15) is 0 Å². The summed E-state index contributed by atoms with van der Waals surface area (Å²) in [5.74, 6) is 0.944. The van der Waals surface area contributed by atoms with Crippen LogP contribution in [0.1, 0.15) is 13.8 Å². The summed E-state index contributed by atoms with van der Waals surface area (Å²) in [6.45, 7) is 10.8. The minimum atomic E-state index is 0.944. The number of hydrogen-bond acceptors (Lipinski definition) is 2. The average Bonchev–Trinajstić information content (AvgIpc) is 1.95. The first-order chi connectivity index (χ1) is 5.26. The highest BCUT2D eigenvalue weighted by Crippen LogP contribution is 2.14. The number of hydrogen-bond donors (Lipinski definition) is 0. The van der Waals surface area contributed by atoms with Crippen molar-refractivity contribution in [2.75, 3.05) is 39.8 Å². The molecule has 1 saturated heterocycles. The Morgan fingerprint density at radius 2 is 2.00 bits per heavy atom. The van der Waals surface area contributed by atoms with Gasteiger partial charge in [0.15, 0.2) is 0 Å². The van der Waals surface area contributed by atoms with Gasteiger partial charge in [0, 0.05) is 19.6 Å². The van der Waals surface area contributed by atoms with E-state index >= 15 is 0 Å². The van der Waals surface area contributed by atoms with E-state index in [0.29, 0.717) is 0 Å². The minimum absolute atomic E-state index is 0.944. The second-order valence-corrected chi connectivity index (χ2v) is 3.57. The Morgan fingerprint density at radius 3 is 2.45 bits per heavy atom. The number of rotatable bonds is 4. The standard InChI is InChI=1S/C9H20N2/c1-4-10(3)6-9-7-11(5-2)8-9/h9H,4-8H2,1-3H3. The molecule has 0 radical (unpaired) electrons. The molecule has 1 rings (SSSR count). The van der Waals surface area contributed by atoms with Gasteiger partial charge in [-0.3, -0.25) is 0 Å². The fourth-order valence-corrected chi connectivity index (χ4v) is 1.62. The van der Waals surface area contributed by atoms with E-state index in [9.17, 15) is 0 Å². The quantitative estimate of drug-likeness (QED) is 0.596. The van der Waals surface area contributed by atoms with Crippen molar-refractivity contribution in [2.24, 2.45) is 5.92 Å². The van der Waals surface area contributed by atoms with Gasteiger partial charge in [-0.15, -0.1) is 0 Å². The SMILES string of the molecule is CCN(C)CC1CN(CC)C1. The van der Waals surface area contributed by atoms with Crippen LogP contribution in [0, 0.1) is 5.92 Å². The Bertz CT molecular complexity index is 108. The molecule has 1 aliphatic heterocycles. The molecule has 0 spiro atoms. The minimum Gasteiger partial charge on any atom is -0.306 e. The predicted octanol–water partition coefficient (Wildman–Crippen LogP) is 0.890. The molecular weight excluding hydrogens is 136 g/mol. The second-order valence-electron chi connectivity index (χ2n) is 3.57. The normalized spacial score (nSPS) is 20.7. The van der Waals surface area contributed by atoms with Crippen LogP contribution in [0.25, 0.3) is 0 Å².